The molecule has 0 saturated heterocycles. The van der Waals surface area contributed by atoms with E-state index in [1.54, 1.807) is 21.8 Å². The highest BCUT2D eigenvalue weighted by Crippen LogP contribution is 2.18. The second-order valence-electron chi connectivity index (χ2n) is 4.31. The zero-order valence-electron chi connectivity index (χ0n) is 11.2. The van der Waals surface area contributed by atoms with Crippen LogP contribution in [0.15, 0.2) is 42.6 Å². The van der Waals surface area contributed by atoms with Crippen molar-refractivity contribution < 1.29 is 4.79 Å². The highest BCUT2D eigenvalue weighted by Gasteiger charge is 2.22. The Kier molecular flexibility index (Phi) is 3.85. The minimum Gasteiger partial charge on any atom is -0.382 e. The van der Waals surface area contributed by atoms with Crippen molar-refractivity contribution in [3.63, 3.8) is 0 Å². The molecule has 0 saturated carbocycles. The minimum atomic E-state index is -0.377. The lowest BCUT2D eigenvalue weighted by Gasteiger charge is -2.24. The molecule has 1 aromatic carbocycles. The molecule has 1 aromatic heterocycles. The maximum atomic E-state index is 12.5. The summed E-state index contributed by atoms with van der Waals surface area (Å²) < 4.78 is 1.59. The van der Waals surface area contributed by atoms with Crippen molar-refractivity contribution in [2.45, 2.75) is 19.9 Å². The van der Waals surface area contributed by atoms with Gasteiger partial charge < -0.3 is 10.6 Å². The Morgan fingerprint density at radius 3 is 2.58 bits per heavy atom. The number of nitrogens with two attached hydrogens (primary N) is 1. The van der Waals surface area contributed by atoms with Crippen molar-refractivity contribution in [3.8, 4) is 0 Å². The normalized spacial score (nSPS) is 12.1. The smallest absolute Gasteiger partial charge is 0.251 e. The summed E-state index contributed by atoms with van der Waals surface area (Å²) in [5.74, 6) is 0.416. The van der Waals surface area contributed by atoms with E-state index in [9.17, 15) is 4.79 Å². The van der Waals surface area contributed by atoms with E-state index in [1.807, 2.05) is 44.2 Å². The van der Waals surface area contributed by atoms with Gasteiger partial charge in [0.2, 0.25) is 0 Å². The van der Waals surface area contributed by atoms with Crippen LogP contribution >= 0.6 is 0 Å². The summed E-state index contributed by atoms with van der Waals surface area (Å²) in [6, 6.07) is 10.9. The quantitative estimate of drug-likeness (QED) is 0.913. The first-order valence-corrected chi connectivity index (χ1v) is 6.30. The lowest BCUT2D eigenvalue weighted by molar-refractivity contribution is -0.121. The summed E-state index contributed by atoms with van der Waals surface area (Å²) in [7, 11) is 0. The summed E-state index contributed by atoms with van der Waals surface area (Å²) in [5.41, 5.74) is 6.47. The predicted molar refractivity (Wildman–Crippen MR) is 75.8 cm³/mol. The first-order chi connectivity index (χ1) is 9.13. The predicted octanol–water partition coefficient (Wildman–Crippen LogP) is 2.08. The van der Waals surface area contributed by atoms with Gasteiger partial charge in [0, 0.05) is 18.4 Å². The van der Waals surface area contributed by atoms with E-state index in [2.05, 4.69) is 5.10 Å². The topological polar surface area (TPSA) is 64.2 Å². The van der Waals surface area contributed by atoms with Crippen LogP contribution in [-0.2, 0) is 4.79 Å². The van der Waals surface area contributed by atoms with Crippen LogP contribution in [0.25, 0.3) is 0 Å². The largest absolute Gasteiger partial charge is 0.382 e. The number of aromatic nitrogens is 2. The average Bonchev–Trinajstić information content (AvgIpc) is 2.86. The van der Waals surface area contributed by atoms with Crippen molar-refractivity contribution in [2.24, 2.45) is 0 Å². The van der Waals surface area contributed by atoms with Gasteiger partial charge in [0.1, 0.15) is 11.9 Å². The molecule has 0 spiro atoms. The van der Waals surface area contributed by atoms with Crippen molar-refractivity contribution in [3.05, 3.63) is 42.6 Å². The molecule has 5 heteroatoms. The molecule has 0 radical (unpaired) electrons. The van der Waals surface area contributed by atoms with Crippen LogP contribution in [0.3, 0.4) is 0 Å². The maximum Gasteiger partial charge on any atom is 0.251 e. The monoisotopic (exact) mass is 258 g/mol. The summed E-state index contributed by atoms with van der Waals surface area (Å²) >= 11 is 0. The summed E-state index contributed by atoms with van der Waals surface area (Å²) in [4.78, 5) is 14.2. The molecular weight excluding hydrogens is 240 g/mol. The van der Waals surface area contributed by atoms with Gasteiger partial charge in [-0.3, -0.25) is 9.48 Å². The molecule has 0 aliphatic carbocycles. The van der Waals surface area contributed by atoms with E-state index in [0.717, 1.165) is 5.69 Å². The average molecular weight is 258 g/mol. The van der Waals surface area contributed by atoms with Crippen LogP contribution in [0.5, 0.6) is 0 Å². The fourth-order valence-electron chi connectivity index (χ4n) is 1.98. The molecule has 2 rings (SSSR count). The van der Waals surface area contributed by atoms with Crippen LogP contribution in [0, 0.1) is 0 Å². The van der Waals surface area contributed by atoms with E-state index in [-0.39, 0.29) is 11.9 Å². The van der Waals surface area contributed by atoms with E-state index in [4.69, 9.17) is 5.73 Å². The Balaban J connectivity index is 2.22. The molecule has 2 aromatic rings. The van der Waals surface area contributed by atoms with Gasteiger partial charge in [-0.1, -0.05) is 18.2 Å². The van der Waals surface area contributed by atoms with Gasteiger partial charge in [0.05, 0.1) is 0 Å². The number of benzene rings is 1. The van der Waals surface area contributed by atoms with Crippen LogP contribution < -0.4 is 10.6 Å². The van der Waals surface area contributed by atoms with E-state index < -0.39 is 0 Å². The van der Waals surface area contributed by atoms with Crippen LogP contribution in [-0.4, -0.2) is 22.2 Å². The van der Waals surface area contributed by atoms with Gasteiger partial charge in [-0.05, 0) is 32.0 Å². The number of para-hydroxylation sites is 1. The van der Waals surface area contributed by atoms with Gasteiger partial charge in [-0.2, -0.15) is 5.10 Å². The summed E-state index contributed by atoms with van der Waals surface area (Å²) in [6.07, 6.45) is 1.72. The van der Waals surface area contributed by atoms with Crippen molar-refractivity contribution >= 4 is 17.4 Å². The molecule has 0 bridgehead atoms. The number of nitrogen functional groups attached to an aromatic ring is 1. The van der Waals surface area contributed by atoms with Crippen molar-refractivity contribution in [1.82, 2.24) is 9.78 Å². The molecule has 19 heavy (non-hydrogen) atoms. The maximum absolute atomic E-state index is 12.5. The van der Waals surface area contributed by atoms with E-state index in [0.29, 0.717) is 12.4 Å². The number of hydrogen-bond acceptors (Lipinski definition) is 3. The van der Waals surface area contributed by atoms with Crippen molar-refractivity contribution in [2.75, 3.05) is 17.2 Å². The van der Waals surface area contributed by atoms with E-state index >= 15 is 0 Å². The Hall–Kier alpha value is -2.30. The van der Waals surface area contributed by atoms with Gasteiger partial charge >= 0.3 is 0 Å². The third-order valence-corrected chi connectivity index (χ3v) is 3.03. The zero-order chi connectivity index (χ0) is 13.8. The molecule has 5 nitrogen and oxygen atoms in total. The molecule has 1 heterocycles. The van der Waals surface area contributed by atoms with Crippen LogP contribution in [0.1, 0.15) is 19.9 Å². The fourth-order valence-corrected chi connectivity index (χ4v) is 1.98. The molecule has 0 fully saturated rings. The number of rotatable bonds is 4. The minimum absolute atomic E-state index is 0.00296. The van der Waals surface area contributed by atoms with Crippen molar-refractivity contribution in [1.29, 1.82) is 0 Å². The van der Waals surface area contributed by atoms with Crippen LogP contribution in [0.4, 0.5) is 11.5 Å². The number of nitrogens with zero attached hydrogens (tertiary/aromatic N) is 3. The summed E-state index contributed by atoms with van der Waals surface area (Å²) in [5, 5.41) is 4.09. The second-order valence-corrected chi connectivity index (χ2v) is 4.31. The van der Waals surface area contributed by atoms with Crippen LogP contribution in [0.2, 0.25) is 0 Å². The molecule has 0 aliphatic heterocycles. The highest BCUT2D eigenvalue weighted by molar-refractivity contribution is 5.95. The zero-order valence-corrected chi connectivity index (χ0v) is 11.2. The van der Waals surface area contributed by atoms with Gasteiger partial charge in [-0.15, -0.1) is 0 Å². The summed E-state index contributed by atoms with van der Waals surface area (Å²) in [6.45, 7) is 4.39. The number of hydrogen-bond donors (Lipinski definition) is 1. The Labute approximate surface area is 112 Å². The number of amides is 1. The molecule has 1 unspecified atom stereocenters. The molecular formula is C14H18N4O. The van der Waals surface area contributed by atoms with Gasteiger partial charge in [0.25, 0.3) is 5.91 Å². The third kappa shape index (κ3) is 2.76. The number of carbonyl (C=O) groups is 1. The SMILES string of the molecule is CCN(C(=O)C(C)n1ccc(N)n1)c1ccccc1. The first-order valence-electron chi connectivity index (χ1n) is 6.30. The fraction of sp³-hybridized carbons (Fsp3) is 0.286. The lowest BCUT2D eigenvalue weighted by Crippen LogP contribution is -2.36. The van der Waals surface area contributed by atoms with Gasteiger partial charge in [0.15, 0.2) is 0 Å². The Morgan fingerprint density at radius 1 is 1.37 bits per heavy atom. The highest BCUT2D eigenvalue weighted by atomic mass is 16.2. The molecule has 0 aliphatic rings. The molecule has 1 atom stereocenters. The number of carbonyl (C=O) groups excluding carboxylic acids is 1. The lowest BCUT2D eigenvalue weighted by atomic mass is 10.2. The first kappa shape index (κ1) is 13.1. The van der Waals surface area contributed by atoms with E-state index in [1.165, 1.54) is 0 Å². The molecule has 2 N–H and O–H groups in total. The Morgan fingerprint density at radius 2 is 2.05 bits per heavy atom. The number of anilines is 2. The Bertz CT molecular complexity index is 550. The second kappa shape index (κ2) is 5.56. The molecule has 1 amide bonds. The van der Waals surface area contributed by atoms with Gasteiger partial charge in [-0.25, -0.2) is 0 Å². The molecule has 100 valence electrons. The third-order valence-electron chi connectivity index (χ3n) is 3.03. The number of likely N-dealkylation sites (N-methyl/N-ethyl adjacent to an activating group) is 1. The standard InChI is InChI=1S/C14H18N4O/c1-3-17(12-7-5-4-6-8-12)14(19)11(2)18-10-9-13(15)16-18/h4-11H,3H2,1-2H3,(H2,15,16).